The number of ether oxygens (including phenoxy) is 2. The van der Waals surface area contributed by atoms with Crippen LogP contribution in [0.15, 0.2) is 41.7 Å². The molecule has 30 heavy (non-hydrogen) atoms. The highest BCUT2D eigenvalue weighted by Crippen LogP contribution is 2.24. The van der Waals surface area contributed by atoms with E-state index in [1.165, 1.54) is 11.3 Å². The molecule has 0 amide bonds. The molecule has 1 aromatic carbocycles. The zero-order valence-electron chi connectivity index (χ0n) is 18.0. The van der Waals surface area contributed by atoms with E-state index in [4.69, 9.17) is 14.5 Å². The first-order valence-electron chi connectivity index (χ1n) is 10.8. The lowest BCUT2D eigenvalue weighted by molar-refractivity contribution is -0.00805. The Kier molecular flexibility index (Phi) is 6.86. The molecular weight excluding hydrogens is 380 g/mol. The Morgan fingerprint density at radius 1 is 1.20 bits per heavy atom. The van der Waals surface area contributed by atoms with E-state index in [2.05, 4.69) is 51.4 Å². The SMILES string of the molecule is CCNC(=NCc1ccccc1N1CCOCC1)N1CCOC(c2cnn(C)c2)C1. The number of aryl methyl sites for hydroxylation is 1. The van der Waals surface area contributed by atoms with Crippen molar-refractivity contribution in [2.45, 2.75) is 19.6 Å². The summed E-state index contributed by atoms with van der Waals surface area (Å²) < 4.78 is 13.3. The first kappa shape index (κ1) is 20.7. The van der Waals surface area contributed by atoms with E-state index >= 15 is 0 Å². The number of anilines is 1. The van der Waals surface area contributed by atoms with Crippen LogP contribution in [0.1, 0.15) is 24.2 Å². The summed E-state index contributed by atoms with van der Waals surface area (Å²) in [5.41, 5.74) is 3.61. The van der Waals surface area contributed by atoms with Gasteiger partial charge in [0.05, 0.1) is 39.1 Å². The summed E-state index contributed by atoms with van der Waals surface area (Å²) in [6.45, 7) is 9.27. The number of nitrogens with one attached hydrogen (secondary N) is 1. The van der Waals surface area contributed by atoms with Crippen molar-refractivity contribution >= 4 is 11.6 Å². The lowest BCUT2D eigenvalue weighted by Gasteiger charge is -2.35. The zero-order valence-corrected chi connectivity index (χ0v) is 18.0. The Morgan fingerprint density at radius 2 is 2.03 bits per heavy atom. The van der Waals surface area contributed by atoms with Crippen LogP contribution in [0, 0.1) is 0 Å². The number of guanidine groups is 1. The molecule has 1 aromatic heterocycles. The first-order valence-corrected chi connectivity index (χ1v) is 10.8. The number of hydrogen-bond donors (Lipinski definition) is 1. The summed E-state index contributed by atoms with van der Waals surface area (Å²) in [6, 6.07) is 8.56. The van der Waals surface area contributed by atoms with Gasteiger partial charge in [-0.25, -0.2) is 4.99 Å². The third kappa shape index (κ3) is 4.94. The molecule has 4 rings (SSSR count). The predicted octanol–water partition coefficient (Wildman–Crippen LogP) is 1.80. The number of morpholine rings is 2. The lowest BCUT2D eigenvalue weighted by atomic mass is 10.1. The second-order valence-electron chi connectivity index (χ2n) is 7.65. The van der Waals surface area contributed by atoms with Crippen LogP contribution in [-0.4, -0.2) is 73.2 Å². The Balaban J connectivity index is 1.49. The summed E-state index contributed by atoms with van der Waals surface area (Å²) >= 11 is 0. The van der Waals surface area contributed by atoms with Crippen LogP contribution in [-0.2, 0) is 23.1 Å². The number of aliphatic imine (C=N–C) groups is 1. The first-order chi connectivity index (χ1) is 14.7. The monoisotopic (exact) mass is 412 g/mol. The van der Waals surface area contributed by atoms with Gasteiger partial charge in [-0.15, -0.1) is 0 Å². The molecule has 1 N–H and O–H groups in total. The average molecular weight is 413 g/mol. The highest BCUT2D eigenvalue weighted by atomic mass is 16.5. The van der Waals surface area contributed by atoms with Crippen LogP contribution >= 0.6 is 0 Å². The van der Waals surface area contributed by atoms with Crippen molar-refractivity contribution in [3.8, 4) is 0 Å². The van der Waals surface area contributed by atoms with Gasteiger partial charge in [0.15, 0.2) is 5.96 Å². The van der Waals surface area contributed by atoms with Gasteiger partial charge < -0.3 is 24.6 Å². The third-order valence-electron chi connectivity index (χ3n) is 5.54. The maximum absolute atomic E-state index is 6.00. The van der Waals surface area contributed by atoms with Crippen molar-refractivity contribution in [3.63, 3.8) is 0 Å². The Morgan fingerprint density at radius 3 is 2.80 bits per heavy atom. The zero-order chi connectivity index (χ0) is 20.8. The van der Waals surface area contributed by atoms with Crippen LogP contribution in [0.25, 0.3) is 0 Å². The van der Waals surface area contributed by atoms with E-state index in [0.717, 1.165) is 57.5 Å². The fourth-order valence-corrected chi connectivity index (χ4v) is 3.99. The quantitative estimate of drug-likeness (QED) is 0.597. The van der Waals surface area contributed by atoms with Crippen molar-refractivity contribution in [3.05, 3.63) is 47.8 Å². The molecule has 162 valence electrons. The fraction of sp³-hybridized carbons (Fsp3) is 0.545. The maximum atomic E-state index is 6.00. The molecular formula is C22H32N6O2. The molecule has 1 atom stereocenters. The number of para-hydroxylation sites is 1. The van der Waals surface area contributed by atoms with Crippen molar-refractivity contribution in [2.75, 3.05) is 57.4 Å². The molecule has 8 heteroatoms. The number of aromatic nitrogens is 2. The number of nitrogens with zero attached hydrogens (tertiary/aromatic N) is 5. The minimum atomic E-state index is 0.0111. The second kappa shape index (κ2) is 9.95. The van der Waals surface area contributed by atoms with Gasteiger partial charge in [0.1, 0.15) is 6.10 Å². The van der Waals surface area contributed by atoms with E-state index in [-0.39, 0.29) is 6.10 Å². The minimum Gasteiger partial charge on any atom is -0.378 e. The fourth-order valence-electron chi connectivity index (χ4n) is 3.99. The molecule has 1 unspecified atom stereocenters. The Hall–Kier alpha value is -2.58. The van der Waals surface area contributed by atoms with Gasteiger partial charge in [-0.2, -0.15) is 5.10 Å². The summed E-state index contributed by atoms with van der Waals surface area (Å²) in [5.74, 6) is 0.937. The molecule has 2 saturated heterocycles. The van der Waals surface area contributed by atoms with Gasteiger partial charge in [-0.1, -0.05) is 18.2 Å². The molecule has 8 nitrogen and oxygen atoms in total. The molecule has 2 aromatic rings. The van der Waals surface area contributed by atoms with E-state index in [0.29, 0.717) is 13.2 Å². The summed E-state index contributed by atoms with van der Waals surface area (Å²) in [4.78, 5) is 9.68. The lowest BCUT2D eigenvalue weighted by Crippen LogP contribution is -2.48. The molecule has 0 saturated carbocycles. The molecule has 2 aliphatic rings. The normalized spacial score (nSPS) is 20.5. The second-order valence-corrected chi connectivity index (χ2v) is 7.65. The predicted molar refractivity (Wildman–Crippen MR) is 118 cm³/mol. The van der Waals surface area contributed by atoms with Crippen LogP contribution in [0.5, 0.6) is 0 Å². The summed E-state index contributed by atoms with van der Waals surface area (Å²) in [5, 5.41) is 7.75. The van der Waals surface area contributed by atoms with E-state index < -0.39 is 0 Å². The Bertz CT molecular complexity index is 846. The van der Waals surface area contributed by atoms with Crippen molar-refractivity contribution in [1.29, 1.82) is 0 Å². The Labute approximate surface area is 178 Å². The highest BCUT2D eigenvalue weighted by molar-refractivity contribution is 5.80. The molecule has 2 fully saturated rings. The van der Waals surface area contributed by atoms with Gasteiger partial charge in [-0.05, 0) is 18.6 Å². The van der Waals surface area contributed by atoms with E-state index in [1.54, 1.807) is 0 Å². The van der Waals surface area contributed by atoms with Gasteiger partial charge >= 0.3 is 0 Å². The molecule has 2 aliphatic heterocycles. The standard InChI is InChI=1S/C22H32N6O2/c1-3-23-22(28-10-13-30-21(17-28)19-15-25-26(2)16-19)24-14-18-6-4-5-7-20(18)27-8-11-29-12-9-27/h4-7,15-16,21H,3,8-14,17H2,1-2H3,(H,23,24). The smallest absolute Gasteiger partial charge is 0.194 e. The third-order valence-corrected chi connectivity index (χ3v) is 5.54. The number of benzene rings is 1. The van der Waals surface area contributed by atoms with Crippen LogP contribution in [0.2, 0.25) is 0 Å². The number of hydrogen-bond acceptors (Lipinski definition) is 5. The highest BCUT2D eigenvalue weighted by Gasteiger charge is 2.25. The van der Waals surface area contributed by atoms with Gasteiger partial charge in [0.2, 0.25) is 0 Å². The van der Waals surface area contributed by atoms with Crippen molar-refractivity contribution in [1.82, 2.24) is 20.0 Å². The minimum absolute atomic E-state index is 0.0111. The van der Waals surface area contributed by atoms with E-state index in [9.17, 15) is 0 Å². The van der Waals surface area contributed by atoms with Gasteiger partial charge in [0.25, 0.3) is 0 Å². The summed E-state index contributed by atoms with van der Waals surface area (Å²) in [7, 11) is 1.93. The molecule has 0 aliphatic carbocycles. The van der Waals surface area contributed by atoms with E-state index in [1.807, 2.05) is 24.1 Å². The average Bonchev–Trinajstić information content (AvgIpc) is 3.24. The van der Waals surface area contributed by atoms with Crippen LogP contribution in [0.3, 0.4) is 0 Å². The summed E-state index contributed by atoms with van der Waals surface area (Å²) in [6.07, 6.45) is 3.92. The van der Waals surface area contributed by atoms with Gasteiger partial charge in [0, 0.05) is 50.7 Å². The largest absolute Gasteiger partial charge is 0.378 e. The van der Waals surface area contributed by atoms with Crippen LogP contribution in [0.4, 0.5) is 5.69 Å². The molecule has 0 radical (unpaired) electrons. The number of rotatable bonds is 5. The van der Waals surface area contributed by atoms with Crippen molar-refractivity contribution in [2.24, 2.45) is 12.0 Å². The molecule has 0 bridgehead atoms. The van der Waals surface area contributed by atoms with Gasteiger partial charge in [-0.3, -0.25) is 4.68 Å². The van der Waals surface area contributed by atoms with Crippen LogP contribution < -0.4 is 10.2 Å². The maximum Gasteiger partial charge on any atom is 0.194 e. The molecule has 3 heterocycles. The molecule has 0 spiro atoms. The topological polar surface area (TPSA) is 67.2 Å². The van der Waals surface area contributed by atoms with Crippen molar-refractivity contribution < 1.29 is 9.47 Å².